The predicted molar refractivity (Wildman–Crippen MR) is 89.7 cm³/mol. The van der Waals surface area contributed by atoms with Crippen molar-refractivity contribution in [3.8, 4) is 0 Å². The molecule has 0 aliphatic carbocycles. The molecule has 2 rings (SSSR count). The van der Waals surface area contributed by atoms with Crippen LogP contribution in [-0.4, -0.2) is 18.0 Å². The minimum atomic E-state index is -5.47. The Labute approximate surface area is 294 Å². The van der Waals surface area contributed by atoms with Crippen molar-refractivity contribution in [3.63, 3.8) is 0 Å². The molecule has 1 unspecified atom stereocenters. The van der Waals surface area contributed by atoms with Crippen LogP contribution in [-0.2, 0) is 27.5 Å². The van der Waals surface area contributed by atoms with E-state index in [1.807, 2.05) is 54.6 Å². The number of hydrogen-bond donors (Lipinski definition) is 0. The van der Waals surface area contributed by atoms with Gasteiger partial charge in [-0.2, -0.15) is 0 Å². The molecule has 0 aliphatic rings. The second-order valence-corrected chi connectivity index (χ2v) is 9.47. The van der Waals surface area contributed by atoms with Gasteiger partial charge in [0, 0.05) is 0 Å². The van der Waals surface area contributed by atoms with E-state index in [1.54, 1.807) is 0 Å². The fraction of sp³-hybridized carbons (Fsp3) is 0.294. The molecular weight excluding hydrogens is 481 g/mol. The molecule has 6 nitrogen and oxygen atoms in total. The third kappa shape index (κ3) is 12.6. The smallest absolute Gasteiger partial charge is 0.810 e. The van der Waals surface area contributed by atoms with Gasteiger partial charge in [-0.25, -0.2) is 8.42 Å². The van der Waals surface area contributed by atoms with Crippen LogP contribution in [0.15, 0.2) is 54.6 Å². The van der Waals surface area contributed by atoms with Crippen molar-refractivity contribution in [1.82, 2.24) is 0 Å². The molecule has 0 fully saturated rings. The van der Waals surface area contributed by atoms with Crippen LogP contribution in [0.5, 0.6) is 0 Å². The van der Waals surface area contributed by atoms with E-state index < -0.39 is 29.1 Å². The molecule has 0 saturated carbocycles. The molecule has 0 N–H and O–H groups in total. The number of benzene rings is 2. The van der Waals surface area contributed by atoms with Gasteiger partial charge in [0.1, 0.15) is 10.1 Å². The average Bonchev–Trinajstić information content (AvgIpc) is 2.50. The van der Waals surface area contributed by atoms with Gasteiger partial charge in [-0.15, -0.1) is 0 Å². The molecule has 1 atom stereocenters. The van der Waals surface area contributed by atoms with Gasteiger partial charge in [0.15, 0.2) is 0 Å². The van der Waals surface area contributed by atoms with Gasteiger partial charge in [-0.1, -0.05) is 62.2 Å². The first-order valence-electron chi connectivity index (χ1n) is 7.74. The molecular formula is C17H18K3O6PS. The molecule has 0 heterocycles. The van der Waals surface area contributed by atoms with Gasteiger partial charge >= 0.3 is 154 Å². The Morgan fingerprint density at radius 3 is 1.93 bits per heavy atom. The SMILES string of the molecule is O=P([O-])([O-])C(CCCc1cccc(Cc2ccccc2)c1)S(=O)(=O)[O-].[K+].[K+].[K+]. The Bertz CT molecular complexity index is 858. The maximum atomic E-state index is 11.0. The minimum Gasteiger partial charge on any atom is -0.810 e. The van der Waals surface area contributed by atoms with E-state index in [2.05, 4.69) is 0 Å². The summed E-state index contributed by atoms with van der Waals surface area (Å²) in [5.74, 6) is 0. The monoisotopic (exact) mass is 498 g/mol. The zero-order valence-electron chi connectivity index (χ0n) is 16.4. The van der Waals surface area contributed by atoms with Crippen molar-refractivity contribution < 1.29 is 181 Å². The molecule has 136 valence electrons. The standard InChI is InChI=1S/C17H21O6PS.3K/c18-24(19,20)17(25(21,22)23)11-5-9-15-8-4-10-16(13-15)12-14-6-2-1-3-7-14;;;/h1-4,6-8,10,13,17H,5,9,11-12H2,(H2,18,19,20)(H,21,22,23);;;/q;3*+1/p-3. The van der Waals surface area contributed by atoms with E-state index in [1.165, 1.54) is 0 Å². The first-order chi connectivity index (χ1) is 11.7. The van der Waals surface area contributed by atoms with Crippen molar-refractivity contribution in [3.05, 3.63) is 71.3 Å². The van der Waals surface area contributed by atoms with Gasteiger partial charge in [-0.05, 0) is 42.4 Å². The predicted octanol–water partition coefficient (Wildman–Crippen LogP) is -7.60. The zero-order chi connectivity index (χ0) is 18.5. The maximum Gasteiger partial charge on any atom is 1.00 e. The van der Waals surface area contributed by atoms with Crippen LogP contribution in [0.4, 0.5) is 0 Å². The van der Waals surface area contributed by atoms with Crippen molar-refractivity contribution >= 4 is 17.7 Å². The molecule has 0 spiro atoms. The first-order valence-corrected chi connectivity index (χ1v) is 10.8. The molecule has 28 heavy (non-hydrogen) atoms. The molecule has 11 heteroatoms. The van der Waals surface area contributed by atoms with Gasteiger partial charge in [-0.3, -0.25) is 0 Å². The second kappa shape index (κ2) is 16.1. The van der Waals surface area contributed by atoms with Gasteiger partial charge in [0.05, 0.1) is 4.99 Å². The summed E-state index contributed by atoms with van der Waals surface area (Å²) >= 11 is 0. The summed E-state index contributed by atoms with van der Waals surface area (Å²) in [5.41, 5.74) is 3.10. The summed E-state index contributed by atoms with van der Waals surface area (Å²) in [6, 6.07) is 17.5. The van der Waals surface area contributed by atoms with E-state index in [0.717, 1.165) is 23.1 Å². The van der Waals surface area contributed by atoms with E-state index in [-0.39, 0.29) is 161 Å². The quantitative estimate of drug-likeness (QED) is 0.203. The largest absolute Gasteiger partial charge is 1.00 e. The Morgan fingerprint density at radius 1 is 0.857 bits per heavy atom. The molecule has 0 saturated heterocycles. The zero-order valence-corrected chi connectivity index (χ0v) is 27.5. The fourth-order valence-electron chi connectivity index (χ4n) is 2.67. The van der Waals surface area contributed by atoms with Gasteiger partial charge < -0.3 is 18.9 Å². The molecule has 0 radical (unpaired) electrons. The summed E-state index contributed by atoms with van der Waals surface area (Å²) in [7, 11) is -10.6. The van der Waals surface area contributed by atoms with Crippen LogP contribution in [0.2, 0.25) is 0 Å². The number of hydrogen-bond acceptors (Lipinski definition) is 6. The topological polar surface area (TPSA) is 120 Å². The number of aryl methyl sites for hydroxylation is 1. The van der Waals surface area contributed by atoms with Crippen LogP contribution < -0.4 is 164 Å². The van der Waals surface area contributed by atoms with E-state index >= 15 is 0 Å². The summed E-state index contributed by atoms with van der Waals surface area (Å²) < 4.78 is 43.8. The van der Waals surface area contributed by atoms with Crippen LogP contribution in [0.1, 0.15) is 29.5 Å². The molecule has 2 aromatic rings. The first kappa shape index (κ1) is 33.6. The summed E-state index contributed by atoms with van der Waals surface area (Å²) in [6.45, 7) is 0. The van der Waals surface area contributed by atoms with E-state index in [0.29, 0.717) is 6.42 Å². The summed E-state index contributed by atoms with van der Waals surface area (Å²) in [5, 5.41) is 0. The van der Waals surface area contributed by atoms with Crippen LogP contribution in [0, 0.1) is 0 Å². The maximum absolute atomic E-state index is 11.0. The molecule has 0 bridgehead atoms. The van der Waals surface area contributed by atoms with Gasteiger partial charge in [0.25, 0.3) is 0 Å². The third-order valence-electron chi connectivity index (χ3n) is 3.84. The number of rotatable bonds is 8. The summed E-state index contributed by atoms with van der Waals surface area (Å²) in [4.78, 5) is 19.5. The summed E-state index contributed by atoms with van der Waals surface area (Å²) in [6.07, 6.45) is 0.756. The van der Waals surface area contributed by atoms with Crippen LogP contribution in [0.25, 0.3) is 0 Å². The van der Waals surface area contributed by atoms with Gasteiger partial charge in [0.2, 0.25) is 0 Å². The third-order valence-corrected chi connectivity index (χ3v) is 7.26. The normalized spacial score (nSPS) is 12.1. The Balaban J connectivity index is 0. The average molecular weight is 499 g/mol. The molecule has 0 amide bonds. The van der Waals surface area contributed by atoms with Crippen molar-refractivity contribution in [2.75, 3.05) is 0 Å². The van der Waals surface area contributed by atoms with E-state index in [4.69, 9.17) is 0 Å². The molecule has 0 aliphatic heterocycles. The van der Waals surface area contributed by atoms with Crippen LogP contribution in [0.3, 0.4) is 0 Å². The van der Waals surface area contributed by atoms with Crippen molar-refractivity contribution in [1.29, 1.82) is 0 Å². The molecule has 0 aromatic heterocycles. The van der Waals surface area contributed by atoms with Crippen molar-refractivity contribution in [2.45, 2.75) is 30.7 Å². The Hall–Kier alpha value is 3.41. The van der Waals surface area contributed by atoms with Crippen LogP contribution >= 0.6 is 7.60 Å². The fourth-order valence-corrected chi connectivity index (χ4v) is 4.89. The van der Waals surface area contributed by atoms with E-state index in [9.17, 15) is 27.3 Å². The molecule has 2 aromatic carbocycles. The second-order valence-electron chi connectivity index (χ2n) is 5.86. The Kier molecular flexibility index (Phi) is 19.3. The minimum absolute atomic E-state index is 0. The van der Waals surface area contributed by atoms with Crippen molar-refractivity contribution in [2.24, 2.45) is 0 Å². The Morgan fingerprint density at radius 2 is 1.39 bits per heavy atom.